The van der Waals surface area contributed by atoms with E-state index in [4.69, 9.17) is 0 Å². The Morgan fingerprint density at radius 2 is 1.77 bits per heavy atom. The average Bonchev–Trinajstić information content (AvgIpc) is 3.02. The van der Waals surface area contributed by atoms with Gasteiger partial charge in [-0.2, -0.15) is 0 Å². The summed E-state index contributed by atoms with van der Waals surface area (Å²) in [6, 6.07) is 12.6. The van der Waals surface area contributed by atoms with Crippen molar-refractivity contribution in [2.24, 2.45) is 0 Å². The lowest BCUT2D eigenvalue weighted by Gasteiger charge is -2.33. The molecule has 2 aromatic carbocycles. The fraction of sp³-hybridized carbons (Fsp3) is 0.400. The van der Waals surface area contributed by atoms with Gasteiger partial charge in [0.1, 0.15) is 0 Å². The third-order valence-corrected chi connectivity index (χ3v) is 6.29. The number of piperidine rings is 1. The second-order valence-electron chi connectivity index (χ2n) is 8.53. The molecule has 2 aliphatic heterocycles. The van der Waals surface area contributed by atoms with Crippen molar-refractivity contribution in [2.45, 2.75) is 45.6 Å². The number of likely N-dealkylation sites (tertiary alicyclic amines) is 1. The lowest BCUT2D eigenvalue weighted by Crippen LogP contribution is -2.39. The van der Waals surface area contributed by atoms with Crippen molar-refractivity contribution in [1.29, 1.82) is 0 Å². The predicted molar refractivity (Wildman–Crippen MR) is 121 cm³/mol. The van der Waals surface area contributed by atoms with Crippen molar-refractivity contribution in [3.63, 3.8) is 0 Å². The van der Waals surface area contributed by atoms with Gasteiger partial charge in [0.25, 0.3) is 17.7 Å². The van der Waals surface area contributed by atoms with E-state index >= 15 is 0 Å². The van der Waals surface area contributed by atoms with Crippen LogP contribution in [0.15, 0.2) is 42.5 Å². The molecule has 0 radical (unpaired) electrons. The lowest BCUT2D eigenvalue weighted by atomic mass is 10.0. The zero-order valence-corrected chi connectivity index (χ0v) is 18.2. The topological polar surface area (TPSA) is 69.7 Å². The van der Waals surface area contributed by atoms with E-state index in [2.05, 4.69) is 17.1 Å². The molecule has 0 aliphatic carbocycles. The molecule has 2 aromatic rings. The molecular formula is C25H29N3O3. The first-order valence-electron chi connectivity index (χ1n) is 11.1. The molecule has 1 N–H and O–H groups in total. The van der Waals surface area contributed by atoms with E-state index in [1.165, 1.54) is 30.2 Å². The van der Waals surface area contributed by atoms with Crippen LogP contribution in [0.5, 0.6) is 0 Å². The summed E-state index contributed by atoms with van der Waals surface area (Å²) in [4.78, 5) is 41.9. The normalized spacial score (nSPS) is 18.9. The number of carbonyl (C=O) groups is 3. The number of benzene rings is 2. The molecule has 6 nitrogen and oxygen atoms in total. The number of amides is 3. The van der Waals surface area contributed by atoms with Gasteiger partial charge in [0, 0.05) is 24.7 Å². The molecule has 2 aliphatic rings. The van der Waals surface area contributed by atoms with Gasteiger partial charge < -0.3 is 10.2 Å². The van der Waals surface area contributed by atoms with Gasteiger partial charge in [0.15, 0.2) is 0 Å². The van der Waals surface area contributed by atoms with Crippen LogP contribution in [0, 0.1) is 6.92 Å². The van der Waals surface area contributed by atoms with Crippen LogP contribution in [0.4, 0.5) is 5.69 Å². The number of anilines is 1. The van der Waals surface area contributed by atoms with Crippen molar-refractivity contribution in [3.05, 3.63) is 64.7 Å². The standard InChI is InChI=1S/C25H29N3O3/c1-17-7-10-20(11-8-17)28-24(30)21-12-9-19(16-22(21)25(28)31)23(29)26-13-5-15-27-14-4-3-6-18(27)2/h7-12,16,18H,3-6,13-15H2,1-2H3,(H,26,29). The Bertz CT molecular complexity index is 1000. The molecule has 1 fully saturated rings. The van der Waals surface area contributed by atoms with Gasteiger partial charge in [0.05, 0.1) is 16.8 Å². The fourth-order valence-corrected chi connectivity index (χ4v) is 4.39. The molecule has 0 spiro atoms. The molecule has 3 amide bonds. The van der Waals surface area contributed by atoms with Crippen molar-refractivity contribution >= 4 is 23.4 Å². The van der Waals surface area contributed by atoms with E-state index in [1.807, 2.05) is 19.1 Å². The first kappa shape index (κ1) is 21.2. The van der Waals surface area contributed by atoms with E-state index in [9.17, 15) is 14.4 Å². The van der Waals surface area contributed by atoms with Crippen LogP contribution in [-0.2, 0) is 0 Å². The van der Waals surface area contributed by atoms with Crippen molar-refractivity contribution in [2.75, 3.05) is 24.5 Å². The van der Waals surface area contributed by atoms with Crippen molar-refractivity contribution in [1.82, 2.24) is 10.2 Å². The highest BCUT2D eigenvalue weighted by molar-refractivity contribution is 6.34. The van der Waals surface area contributed by atoms with E-state index in [0.717, 1.165) is 25.1 Å². The summed E-state index contributed by atoms with van der Waals surface area (Å²) in [5.41, 5.74) is 2.60. The van der Waals surface area contributed by atoms with Crippen LogP contribution >= 0.6 is 0 Å². The molecule has 4 rings (SSSR count). The number of imide groups is 1. The SMILES string of the molecule is Cc1ccc(N2C(=O)c3ccc(C(=O)NCCCN4CCCCC4C)cc3C2=O)cc1. The van der Waals surface area contributed by atoms with E-state index in [-0.39, 0.29) is 17.4 Å². The van der Waals surface area contributed by atoms with Gasteiger partial charge in [-0.15, -0.1) is 0 Å². The Hall–Kier alpha value is -2.99. The molecule has 2 heterocycles. The van der Waals surface area contributed by atoms with Crippen molar-refractivity contribution < 1.29 is 14.4 Å². The number of rotatable bonds is 6. The maximum Gasteiger partial charge on any atom is 0.266 e. The van der Waals surface area contributed by atoms with Gasteiger partial charge in [0.2, 0.25) is 0 Å². The fourth-order valence-electron chi connectivity index (χ4n) is 4.39. The third-order valence-electron chi connectivity index (χ3n) is 6.29. The highest BCUT2D eigenvalue weighted by Gasteiger charge is 2.37. The van der Waals surface area contributed by atoms with E-state index in [1.54, 1.807) is 24.3 Å². The van der Waals surface area contributed by atoms with Gasteiger partial charge in [-0.05, 0) is 70.0 Å². The Balaban J connectivity index is 1.38. The summed E-state index contributed by atoms with van der Waals surface area (Å²) in [6.07, 6.45) is 4.68. The zero-order valence-electron chi connectivity index (χ0n) is 18.2. The maximum absolute atomic E-state index is 12.9. The molecule has 31 heavy (non-hydrogen) atoms. The molecule has 0 saturated carbocycles. The monoisotopic (exact) mass is 419 g/mol. The second-order valence-corrected chi connectivity index (χ2v) is 8.53. The molecule has 6 heteroatoms. The quantitative estimate of drug-likeness (QED) is 0.571. The Morgan fingerprint density at radius 3 is 2.52 bits per heavy atom. The van der Waals surface area contributed by atoms with Crippen LogP contribution in [0.25, 0.3) is 0 Å². The summed E-state index contributed by atoms with van der Waals surface area (Å²) in [5, 5.41) is 2.94. The number of nitrogens with zero attached hydrogens (tertiary/aromatic N) is 2. The minimum Gasteiger partial charge on any atom is -0.352 e. The van der Waals surface area contributed by atoms with Gasteiger partial charge in [-0.1, -0.05) is 24.1 Å². The highest BCUT2D eigenvalue weighted by Crippen LogP contribution is 2.29. The number of hydrogen-bond donors (Lipinski definition) is 1. The summed E-state index contributed by atoms with van der Waals surface area (Å²) in [5.74, 6) is -0.965. The van der Waals surface area contributed by atoms with Crippen molar-refractivity contribution in [3.8, 4) is 0 Å². The maximum atomic E-state index is 12.9. The first-order valence-corrected chi connectivity index (χ1v) is 11.1. The van der Waals surface area contributed by atoms with Gasteiger partial charge in [-0.3, -0.25) is 14.4 Å². The molecule has 1 saturated heterocycles. The van der Waals surface area contributed by atoms with E-state index in [0.29, 0.717) is 29.4 Å². The van der Waals surface area contributed by atoms with Gasteiger partial charge >= 0.3 is 0 Å². The lowest BCUT2D eigenvalue weighted by molar-refractivity contribution is 0.0923. The minimum absolute atomic E-state index is 0.219. The van der Waals surface area contributed by atoms with Crippen LogP contribution in [0.3, 0.4) is 0 Å². The number of fused-ring (bicyclic) bond motifs is 1. The van der Waals surface area contributed by atoms with Crippen LogP contribution < -0.4 is 10.2 Å². The zero-order chi connectivity index (χ0) is 22.0. The van der Waals surface area contributed by atoms with Crippen LogP contribution in [0.2, 0.25) is 0 Å². The Labute approximate surface area is 183 Å². The number of nitrogens with one attached hydrogen (secondary N) is 1. The second kappa shape index (κ2) is 9.02. The first-order chi connectivity index (χ1) is 15.0. The number of aryl methyl sites for hydroxylation is 1. The minimum atomic E-state index is -0.391. The molecule has 1 unspecified atom stereocenters. The Kier molecular flexibility index (Phi) is 6.18. The van der Waals surface area contributed by atoms with Gasteiger partial charge in [-0.25, -0.2) is 4.90 Å². The van der Waals surface area contributed by atoms with E-state index < -0.39 is 5.91 Å². The molecule has 0 bridgehead atoms. The summed E-state index contributed by atoms with van der Waals surface area (Å²) < 4.78 is 0. The number of carbonyl (C=O) groups excluding carboxylic acids is 3. The highest BCUT2D eigenvalue weighted by atomic mass is 16.2. The molecular weight excluding hydrogens is 390 g/mol. The van der Waals surface area contributed by atoms with Crippen LogP contribution in [0.1, 0.15) is 69.2 Å². The van der Waals surface area contributed by atoms with Crippen LogP contribution in [-0.4, -0.2) is 48.3 Å². The smallest absolute Gasteiger partial charge is 0.266 e. The number of hydrogen-bond acceptors (Lipinski definition) is 4. The summed E-state index contributed by atoms with van der Waals surface area (Å²) in [6.45, 7) is 6.91. The summed E-state index contributed by atoms with van der Waals surface area (Å²) in [7, 11) is 0. The molecule has 162 valence electrons. The average molecular weight is 420 g/mol. The predicted octanol–water partition coefficient (Wildman–Crippen LogP) is 3.79. The Morgan fingerprint density at radius 1 is 1.03 bits per heavy atom. The summed E-state index contributed by atoms with van der Waals surface area (Å²) >= 11 is 0. The molecule has 0 aromatic heterocycles. The largest absolute Gasteiger partial charge is 0.352 e. The third kappa shape index (κ3) is 4.39. The molecule has 1 atom stereocenters.